The van der Waals surface area contributed by atoms with E-state index in [1.165, 1.54) is 0 Å². The fraction of sp³-hybridized carbons (Fsp3) is 0.235. The van der Waals surface area contributed by atoms with Gasteiger partial charge in [-0.15, -0.1) is 0 Å². The molecule has 0 unspecified atom stereocenters. The molecule has 3 heteroatoms. The van der Waals surface area contributed by atoms with E-state index in [4.69, 9.17) is 4.74 Å². The Labute approximate surface area is 118 Å². The van der Waals surface area contributed by atoms with Crippen LogP contribution in [0.3, 0.4) is 0 Å². The first-order valence-electron chi connectivity index (χ1n) is 6.72. The van der Waals surface area contributed by atoms with Gasteiger partial charge in [-0.25, -0.2) is 4.79 Å². The molecule has 0 aliphatic carbocycles. The molecule has 1 atom stereocenters. The molecular weight excluding hydrogens is 252 g/mol. The maximum absolute atomic E-state index is 11.4. The second-order valence-electron chi connectivity index (χ2n) is 4.58. The highest BCUT2D eigenvalue weighted by Gasteiger charge is 2.21. The lowest BCUT2D eigenvalue weighted by molar-refractivity contribution is -0.145. The molecule has 0 aliphatic heterocycles. The molecule has 0 radical (unpaired) electrons. The van der Waals surface area contributed by atoms with Gasteiger partial charge in [0.25, 0.3) is 0 Å². The maximum Gasteiger partial charge on any atom is 0.345 e. The zero-order chi connectivity index (χ0) is 14.4. The standard InChI is InChI=1S/C17H18O3/c1-2-13-8-6-7-9-14(13)12-16(17(18)19)20-15-10-4-3-5-11-15/h3-11,16H,2,12H2,1H3,(H,18,19)/t16-/m1/s1. The number of benzene rings is 2. The number of aryl methyl sites for hydroxylation is 1. The summed E-state index contributed by atoms with van der Waals surface area (Å²) in [6, 6.07) is 16.9. The van der Waals surface area contributed by atoms with Crippen LogP contribution in [0.15, 0.2) is 54.6 Å². The SMILES string of the molecule is CCc1ccccc1C[C@@H](Oc1ccccc1)C(=O)O. The molecule has 0 aliphatic rings. The summed E-state index contributed by atoms with van der Waals surface area (Å²) in [5.74, 6) is -0.367. The van der Waals surface area contributed by atoms with E-state index in [1.54, 1.807) is 12.1 Å². The van der Waals surface area contributed by atoms with Crippen LogP contribution in [0.4, 0.5) is 0 Å². The normalized spacial score (nSPS) is 11.8. The van der Waals surface area contributed by atoms with Gasteiger partial charge in [0.2, 0.25) is 0 Å². The Morgan fingerprint density at radius 3 is 2.25 bits per heavy atom. The molecule has 2 aromatic rings. The van der Waals surface area contributed by atoms with Gasteiger partial charge in [0, 0.05) is 6.42 Å². The van der Waals surface area contributed by atoms with Gasteiger partial charge in [-0.05, 0) is 29.7 Å². The summed E-state index contributed by atoms with van der Waals surface area (Å²) < 4.78 is 5.58. The van der Waals surface area contributed by atoms with E-state index < -0.39 is 12.1 Å². The van der Waals surface area contributed by atoms with Gasteiger partial charge >= 0.3 is 5.97 Å². The summed E-state index contributed by atoms with van der Waals surface area (Å²) in [5, 5.41) is 9.33. The van der Waals surface area contributed by atoms with Crippen LogP contribution in [0, 0.1) is 0 Å². The molecule has 0 bridgehead atoms. The van der Waals surface area contributed by atoms with Crippen molar-refractivity contribution >= 4 is 5.97 Å². The van der Waals surface area contributed by atoms with Gasteiger partial charge in [0.05, 0.1) is 0 Å². The van der Waals surface area contributed by atoms with Crippen LogP contribution in [-0.4, -0.2) is 17.2 Å². The Balaban J connectivity index is 2.16. The number of para-hydroxylation sites is 1. The van der Waals surface area contributed by atoms with E-state index >= 15 is 0 Å². The first kappa shape index (κ1) is 14.1. The van der Waals surface area contributed by atoms with Crippen molar-refractivity contribution in [2.45, 2.75) is 25.9 Å². The molecule has 0 heterocycles. The Kier molecular flexibility index (Phi) is 4.77. The molecule has 2 rings (SSSR count). The molecule has 2 aromatic carbocycles. The predicted octanol–water partition coefficient (Wildman–Crippen LogP) is 3.32. The maximum atomic E-state index is 11.4. The predicted molar refractivity (Wildman–Crippen MR) is 78.0 cm³/mol. The van der Waals surface area contributed by atoms with Crippen LogP contribution < -0.4 is 4.74 Å². The number of carboxylic acid groups (broad SMARTS) is 1. The molecule has 3 nitrogen and oxygen atoms in total. The van der Waals surface area contributed by atoms with Gasteiger partial charge in [0.15, 0.2) is 6.10 Å². The lowest BCUT2D eigenvalue weighted by Gasteiger charge is -2.16. The van der Waals surface area contributed by atoms with Crippen LogP contribution in [0.1, 0.15) is 18.1 Å². The van der Waals surface area contributed by atoms with Crippen molar-refractivity contribution in [1.82, 2.24) is 0 Å². The molecule has 104 valence electrons. The second kappa shape index (κ2) is 6.75. The Hall–Kier alpha value is -2.29. The van der Waals surface area contributed by atoms with E-state index in [2.05, 4.69) is 6.92 Å². The van der Waals surface area contributed by atoms with Gasteiger partial charge < -0.3 is 9.84 Å². The summed E-state index contributed by atoms with van der Waals surface area (Å²) in [5.41, 5.74) is 2.19. The first-order valence-corrected chi connectivity index (χ1v) is 6.72. The number of aliphatic carboxylic acids is 1. The van der Waals surface area contributed by atoms with Crippen molar-refractivity contribution in [3.63, 3.8) is 0 Å². The molecule has 0 saturated heterocycles. The number of ether oxygens (including phenoxy) is 1. The zero-order valence-corrected chi connectivity index (χ0v) is 11.5. The van der Waals surface area contributed by atoms with Gasteiger partial charge in [0.1, 0.15) is 5.75 Å². The Morgan fingerprint density at radius 2 is 1.65 bits per heavy atom. The largest absolute Gasteiger partial charge is 0.478 e. The lowest BCUT2D eigenvalue weighted by atomic mass is 10.00. The van der Waals surface area contributed by atoms with Crippen molar-refractivity contribution in [1.29, 1.82) is 0 Å². The van der Waals surface area contributed by atoms with Crippen molar-refractivity contribution < 1.29 is 14.6 Å². The van der Waals surface area contributed by atoms with E-state index in [-0.39, 0.29) is 0 Å². The molecule has 0 fully saturated rings. The van der Waals surface area contributed by atoms with Crippen molar-refractivity contribution in [2.24, 2.45) is 0 Å². The average Bonchev–Trinajstić information content (AvgIpc) is 2.48. The van der Waals surface area contributed by atoms with Gasteiger partial charge in [-0.2, -0.15) is 0 Å². The third-order valence-electron chi connectivity index (χ3n) is 3.20. The fourth-order valence-electron chi connectivity index (χ4n) is 2.14. The highest BCUT2D eigenvalue weighted by Crippen LogP contribution is 2.17. The second-order valence-corrected chi connectivity index (χ2v) is 4.58. The quantitative estimate of drug-likeness (QED) is 0.875. The minimum absolute atomic E-state index is 0.369. The van der Waals surface area contributed by atoms with Crippen molar-refractivity contribution in [3.05, 3.63) is 65.7 Å². The van der Waals surface area contributed by atoms with Crippen LogP contribution in [0.25, 0.3) is 0 Å². The number of rotatable bonds is 6. The highest BCUT2D eigenvalue weighted by molar-refractivity contribution is 5.73. The van der Waals surface area contributed by atoms with Crippen LogP contribution in [0.2, 0.25) is 0 Å². The Morgan fingerprint density at radius 1 is 1.05 bits per heavy atom. The number of carbonyl (C=O) groups is 1. The summed E-state index contributed by atoms with van der Waals surface area (Å²) in [7, 11) is 0. The third-order valence-corrected chi connectivity index (χ3v) is 3.20. The monoisotopic (exact) mass is 270 g/mol. The third kappa shape index (κ3) is 3.60. The molecule has 0 aromatic heterocycles. The van der Waals surface area contributed by atoms with Crippen LogP contribution in [0.5, 0.6) is 5.75 Å². The molecule has 0 saturated carbocycles. The number of carboxylic acids is 1. The first-order chi connectivity index (χ1) is 9.70. The molecule has 20 heavy (non-hydrogen) atoms. The average molecular weight is 270 g/mol. The van der Waals surface area contributed by atoms with E-state index in [0.29, 0.717) is 12.2 Å². The van der Waals surface area contributed by atoms with Gasteiger partial charge in [-0.1, -0.05) is 49.4 Å². The number of hydrogen-bond donors (Lipinski definition) is 1. The van der Waals surface area contributed by atoms with Crippen molar-refractivity contribution in [2.75, 3.05) is 0 Å². The van der Waals surface area contributed by atoms with Gasteiger partial charge in [-0.3, -0.25) is 0 Å². The van der Waals surface area contributed by atoms with Crippen molar-refractivity contribution in [3.8, 4) is 5.75 Å². The fourth-order valence-corrected chi connectivity index (χ4v) is 2.14. The molecule has 0 spiro atoms. The van der Waals surface area contributed by atoms with Crippen LogP contribution in [-0.2, 0) is 17.6 Å². The topological polar surface area (TPSA) is 46.5 Å². The summed E-state index contributed by atoms with van der Waals surface area (Å²) in [6.07, 6.45) is 0.382. The summed E-state index contributed by atoms with van der Waals surface area (Å²) >= 11 is 0. The zero-order valence-electron chi connectivity index (χ0n) is 11.5. The minimum Gasteiger partial charge on any atom is -0.478 e. The summed E-state index contributed by atoms with van der Waals surface area (Å²) in [6.45, 7) is 2.06. The van der Waals surface area contributed by atoms with E-state index in [9.17, 15) is 9.90 Å². The van der Waals surface area contributed by atoms with E-state index in [1.807, 2.05) is 42.5 Å². The van der Waals surface area contributed by atoms with E-state index in [0.717, 1.165) is 17.5 Å². The minimum atomic E-state index is -0.945. The number of hydrogen-bond acceptors (Lipinski definition) is 2. The van der Waals surface area contributed by atoms with Crippen LogP contribution >= 0.6 is 0 Å². The lowest BCUT2D eigenvalue weighted by Crippen LogP contribution is -2.29. The summed E-state index contributed by atoms with van der Waals surface area (Å²) in [4.78, 5) is 11.4. The molecular formula is C17H18O3. The smallest absolute Gasteiger partial charge is 0.345 e. The molecule has 0 amide bonds. The molecule has 1 N–H and O–H groups in total. The highest BCUT2D eigenvalue weighted by atomic mass is 16.5. The Bertz CT molecular complexity index is 563.